The van der Waals surface area contributed by atoms with E-state index in [0.29, 0.717) is 11.8 Å². The molecule has 2 heterocycles. The molecule has 2 heteroatoms. The number of rotatable bonds is 10. The molecule has 0 bridgehead atoms. The zero-order chi connectivity index (χ0) is 43.7. The van der Waals surface area contributed by atoms with Crippen molar-refractivity contribution >= 4 is 65.3 Å². The van der Waals surface area contributed by atoms with Crippen LogP contribution in [0.4, 0.5) is 0 Å². The topological polar surface area (TPSA) is 18.1 Å². The van der Waals surface area contributed by atoms with Crippen LogP contribution in [0.2, 0.25) is 0 Å². The summed E-state index contributed by atoms with van der Waals surface area (Å²) in [6.45, 7) is 2.37. The first-order valence-electron chi connectivity index (χ1n) is 24.2. The molecule has 2 aliphatic rings. The maximum Gasteiger partial charge on any atom is 0.143 e. The average molecular weight is 850 g/mol. The van der Waals surface area contributed by atoms with Gasteiger partial charge in [-0.3, -0.25) is 0 Å². The monoisotopic (exact) mass is 849 g/mol. The number of hydrogen-bond donors (Lipinski definition) is 0. The lowest BCUT2D eigenvalue weighted by atomic mass is 9.80. The number of allylic oxidation sites excluding steroid dienone is 4. The molecular weight excluding hydrogens is 799 g/mol. The van der Waals surface area contributed by atoms with E-state index in [1.165, 1.54) is 105 Å². The molecule has 0 spiro atoms. The van der Waals surface area contributed by atoms with E-state index in [4.69, 9.17) is 4.42 Å². The van der Waals surface area contributed by atoms with Crippen molar-refractivity contribution in [3.05, 3.63) is 211 Å². The Kier molecular flexibility index (Phi) is 9.41. The predicted molar refractivity (Wildman–Crippen MR) is 280 cm³/mol. The van der Waals surface area contributed by atoms with Crippen molar-refractivity contribution in [2.24, 2.45) is 11.8 Å². The molecule has 13 rings (SSSR count). The van der Waals surface area contributed by atoms with Gasteiger partial charge in [-0.2, -0.15) is 0 Å². The van der Waals surface area contributed by atoms with Crippen molar-refractivity contribution in [2.75, 3.05) is 0 Å². The summed E-state index contributed by atoms with van der Waals surface area (Å²) in [4.78, 5) is 0. The van der Waals surface area contributed by atoms with Gasteiger partial charge in [0.15, 0.2) is 0 Å². The third-order valence-corrected chi connectivity index (χ3v) is 15.2. The van der Waals surface area contributed by atoms with Crippen LogP contribution >= 0.6 is 0 Å². The number of benzene rings is 9. The lowest BCUT2D eigenvalue weighted by Crippen LogP contribution is -2.12. The highest BCUT2D eigenvalue weighted by atomic mass is 16.3. The van der Waals surface area contributed by atoms with E-state index in [-0.39, 0.29) is 0 Å². The molecule has 0 aliphatic heterocycles. The van der Waals surface area contributed by atoms with E-state index >= 15 is 0 Å². The van der Waals surface area contributed by atoms with E-state index in [1.807, 2.05) is 0 Å². The minimum absolute atomic E-state index is 0.425. The highest BCUT2D eigenvalue weighted by Crippen LogP contribution is 2.51. The molecule has 11 aromatic rings. The molecule has 0 saturated carbocycles. The lowest BCUT2D eigenvalue weighted by molar-refractivity contribution is 0.452. The van der Waals surface area contributed by atoms with Crippen molar-refractivity contribution in [1.82, 2.24) is 4.57 Å². The normalized spacial score (nSPS) is 15.0. The molecule has 2 aliphatic carbocycles. The summed E-state index contributed by atoms with van der Waals surface area (Å²) >= 11 is 0. The van der Waals surface area contributed by atoms with E-state index in [1.54, 1.807) is 5.57 Å². The molecule has 2 unspecified atom stereocenters. The van der Waals surface area contributed by atoms with Crippen LogP contribution in [0.1, 0.15) is 50.2 Å². The van der Waals surface area contributed by atoms with Gasteiger partial charge in [0, 0.05) is 32.8 Å². The van der Waals surface area contributed by atoms with Crippen LogP contribution in [0, 0.1) is 11.8 Å². The van der Waals surface area contributed by atoms with Crippen molar-refractivity contribution in [3.8, 4) is 39.1 Å². The maximum atomic E-state index is 6.58. The molecule has 2 atom stereocenters. The molecule has 2 nitrogen and oxygen atoms in total. The van der Waals surface area contributed by atoms with Gasteiger partial charge < -0.3 is 8.98 Å². The van der Waals surface area contributed by atoms with Crippen molar-refractivity contribution in [1.29, 1.82) is 0 Å². The molecule has 66 heavy (non-hydrogen) atoms. The summed E-state index contributed by atoms with van der Waals surface area (Å²) in [5.74, 6) is 1.10. The van der Waals surface area contributed by atoms with Crippen molar-refractivity contribution < 1.29 is 4.42 Å². The fourth-order valence-electron chi connectivity index (χ4n) is 12.1. The summed E-state index contributed by atoms with van der Waals surface area (Å²) in [6, 6.07) is 65.4. The second-order valence-corrected chi connectivity index (χ2v) is 18.8. The Labute approximate surface area is 386 Å². The van der Waals surface area contributed by atoms with Crippen LogP contribution in [-0.2, 0) is 12.8 Å². The number of hydrogen-bond acceptors (Lipinski definition) is 1. The zero-order valence-corrected chi connectivity index (χ0v) is 37.4. The third kappa shape index (κ3) is 6.22. The molecule has 9 aromatic carbocycles. The van der Waals surface area contributed by atoms with Gasteiger partial charge in [-0.15, -0.1) is 0 Å². The van der Waals surface area contributed by atoms with Gasteiger partial charge in [-0.05, 0) is 141 Å². The first-order chi connectivity index (χ1) is 32.7. The number of nitrogens with zero attached hydrogens (tertiary/aromatic N) is 1. The second-order valence-electron chi connectivity index (χ2n) is 18.8. The summed E-state index contributed by atoms with van der Waals surface area (Å²) < 4.78 is 9.09. The zero-order valence-electron chi connectivity index (χ0n) is 37.4. The Morgan fingerprint density at radius 2 is 1.27 bits per heavy atom. The molecule has 0 fully saturated rings. The van der Waals surface area contributed by atoms with Crippen molar-refractivity contribution in [3.63, 3.8) is 0 Å². The quantitative estimate of drug-likeness (QED) is 0.134. The highest BCUT2D eigenvalue weighted by Gasteiger charge is 2.27. The SMILES string of the molecule is CCC1CC=CC=C(C(CCCc2ccc3c4c2-c2ccccc2-c2cccc5ccc(c4c25)n3-c2ccccc2)Cc2ccc(-c3cccc4c3oc3ccccc34)c3ccccc23)C1. The van der Waals surface area contributed by atoms with Gasteiger partial charge >= 0.3 is 0 Å². The smallest absolute Gasteiger partial charge is 0.143 e. The van der Waals surface area contributed by atoms with Gasteiger partial charge in [0.05, 0.1) is 11.0 Å². The number of aromatic nitrogens is 1. The van der Waals surface area contributed by atoms with E-state index in [0.717, 1.165) is 55.3 Å². The molecule has 0 saturated heterocycles. The Bertz CT molecular complexity index is 3760. The minimum Gasteiger partial charge on any atom is -0.455 e. The molecule has 2 aromatic heterocycles. The minimum atomic E-state index is 0.425. The largest absolute Gasteiger partial charge is 0.455 e. The van der Waals surface area contributed by atoms with Crippen molar-refractivity contribution in [2.45, 2.75) is 51.9 Å². The number of furan rings is 1. The van der Waals surface area contributed by atoms with E-state index < -0.39 is 0 Å². The maximum absolute atomic E-state index is 6.58. The fraction of sp³-hybridized carbons (Fsp3) is 0.156. The van der Waals surface area contributed by atoms with Crippen LogP contribution in [0.15, 0.2) is 204 Å². The van der Waals surface area contributed by atoms with E-state index in [9.17, 15) is 0 Å². The lowest BCUT2D eigenvalue weighted by Gasteiger charge is -2.25. The van der Waals surface area contributed by atoms with Gasteiger partial charge in [-0.1, -0.05) is 183 Å². The standard InChI is InChI=1S/C64H51NO/c1-2-41-17-6-7-18-44(39-41)45(40-46-33-36-51(49-25-9-8-24-48(46)49)55-30-16-31-56-52-27-12-13-32-59(52)66-64(55)56)21-14-19-42-34-37-57-62-60(42)53-28-11-10-26-50(53)54-29-15-20-43-35-38-58(63(62)61(43)54)65(57)47-22-4-3-5-23-47/h3-13,15-16,18,20,22-38,41,45H,2,14,17,19,21,39-40H2,1H3. The van der Waals surface area contributed by atoms with Crippen LogP contribution < -0.4 is 0 Å². The van der Waals surface area contributed by atoms with Gasteiger partial charge in [0.1, 0.15) is 11.2 Å². The second kappa shape index (κ2) is 15.9. The summed E-state index contributed by atoms with van der Waals surface area (Å²) in [7, 11) is 0. The highest BCUT2D eigenvalue weighted by molar-refractivity contribution is 6.30. The van der Waals surface area contributed by atoms with Crippen LogP contribution in [0.5, 0.6) is 0 Å². The third-order valence-electron chi connectivity index (χ3n) is 15.2. The average Bonchev–Trinajstić information content (AvgIpc) is 3.76. The summed E-state index contributed by atoms with van der Waals surface area (Å²) in [5, 5.41) is 10.4. The summed E-state index contributed by atoms with van der Waals surface area (Å²) in [5.41, 5.74) is 17.9. The predicted octanol–water partition coefficient (Wildman–Crippen LogP) is 17.8. The first kappa shape index (κ1) is 39.0. The molecule has 0 amide bonds. The van der Waals surface area contributed by atoms with Crippen LogP contribution in [0.25, 0.3) is 104 Å². The van der Waals surface area contributed by atoms with Crippen LogP contribution in [0.3, 0.4) is 0 Å². The number of para-hydroxylation sites is 3. The molecule has 0 radical (unpaired) electrons. The Morgan fingerprint density at radius 1 is 0.561 bits per heavy atom. The number of aryl methyl sites for hydroxylation is 1. The fourth-order valence-corrected chi connectivity index (χ4v) is 12.1. The molecular formula is C64H51NO. The van der Waals surface area contributed by atoms with Gasteiger partial charge in [-0.25, -0.2) is 0 Å². The van der Waals surface area contributed by atoms with E-state index in [2.05, 4.69) is 206 Å². The molecule has 318 valence electrons. The van der Waals surface area contributed by atoms with Crippen LogP contribution in [-0.4, -0.2) is 4.57 Å². The number of fused-ring (bicyclic) bond motifs is 7. The van der Waals surface area contributed by atoms with Gasteiger partial charge in [0.25, 0.3) is 0 Å². The Morgan fingerprint density at radius 3 is 2.17 bits per heavy atom. The molecule has 0 N–H and O–H groups in total. The Hall–Kier alpha value is -7.42. The summed E-state index contributed by atoms with van der Waals surface area (Å²) in [6.07, 6.45) is 15.0. The Balaban J connectivity index is 0.908. The van der Waals surface area contributed by atoms with Gasteiger partial charge in [0.2, 0.25) is 0 Å². The first-order valence-corrected chi connectivity index (χ1v) is 24.2.